The predicted molar refractivity (Wildman–Crippen MR) is 30.0 cm³/mol. The lowest BCUT2D eigenvalue weighted by molar-refractivity contribution is 0.686. The SMILES string of the molecule is CC=S(C)(N)=O. The standard InChI is InChI=1S/C3H9NOS/c1-3-6(2,4)5/h3H,1-2H3,(H2,4,5). The van der Waals surface area contributed by atoms with E-state index in [1.165, 1.54) is 11.6 Å². The molecule has 3 heteroatoms. The zero-order chi connectivity index (χ0) is 5.21. The van der Waals surface area contributed by atoms with Crippen LogP contribution in [0.3, 0.4) is 0 Å². The fourth-order valence-electron chi connectivity index (χ4n) is 0. The van der Waals surface area contributed by atoms with Crippen LogP contribution in [-0.2, 0) is 9.71 Å². The van der Waals surface area contributed by atoms with Crippen molar-refractivity contribution in [1.29, 1.82) is 0 Å². The van der Waals surface area contributed by atoms with Crippen molar-refractivity contribution in [2.24, 2.45) is 5.14 Å². The lowest BCUT2D eigenvalue weighted by Gasteiger charge is -1.85. The maximum atomic E-state index is 10.3. The molecule has 0 fully saturated rings. The van der Waals surface area contributed by atoms with Crippen molar-refractivity contribution in [3.05, 3.63) is 0 Å². The molecule has 0 rings (SSSR count). The molecule has 0 saturated heterocycles. The monoisotopic (exact) mass is 107 g/mol. The van der Waals surface area contributed by atoms with E-state index in [4.69, 9.17) is 5.14 Å². The second kappa shape index (κ2) is 1.62. The van der Waals surface area contributed by atoms with Gasteiger partial charge in [0.15, 0.2) is 0 Å². The Morgan fingerprint density at radius 3 is 2.00 bits per heavy atom. The highest BCUT2D eigenvalue weighted by atomic mass is 32.2. The summed E-state index contributed by atoms with van der Waals surface area (Å²) >= 11 is 0. The molecule has 0 aliphatic carbocycles. The molecule has 2 N–H and O–H groups in total. The molecule has 0 aromatic heterocycles. The van der Waals surface area contributed by atoms with Crippen LogP contribution in [0.15, 0.2) is 0 Å². The molecule has 2 nitrogen and oxygen atoms in total. The van der Waals surface area contributed by atoms with Crippen molar-refractivity contribution in [3.8, 4) is 0 Å². The molecule has 38 valence electrons. The van der Waals surface area contributed by atoms with Crippen LogP contribution in [0, 0.1) is 0 Å². The first kappa shape index (κ1) is 5.98. The minimum Gasteiger partial charge on any atom is -0.260 e. The molecule has 0 aromatic carbocycles. The van der Waals surface area contributed by atoms with Gasteiger partial charge < -0.3 is 0 Å². The molecule has 0 heterocycles. The summed E-state index contributed by atoms with van der Waals surface area (Å²) in [5.74, 6) is 0. The van der Waals surface area contributed by atoms with Gasteiger partial charge in [0.05, 0.1) is 0 Å². The normalized spacial score (nSPS) is 19.2. The van der Waals surface area contributed by atoms with E-state index in [9.17, 15) is 4.21 Å². The van der Waals surface area contributed by atoms with Gasteiger partial charge in [-0.2, -0.15) is 0 Å². The molecular formula is C3H9NOS. The van der Waals surface area contributed by atoms with Gasteiger partial charge in [0.25, 0.3) is 0 Å². The molecule has 0 spiro atoms. The van der Waals surface area contributed by atoms with Crippen LogP contribution in [0.25, 0.3) is 0 Å². The van der Waals surface area contributed by atoms with Crippen molar-refractivity contribution in [1.82, 2.24) is 0 Å². The Morgan fingerprint density at radius 1 is 1.83 bits per heavy atom. The van der Waals surface area contributed by atoms with E-state index in [2.05, 4.69) is 0 Å². The molecule has 0 radical (unpaired) electrons. The van der Waals surface area contributed by atoms with Gasteiger partial charge in [0, 0.05) is 16.0 Å². The molecule has 0 bridgehead atoms. The highest BCUT2D eigenvalue weighted by Crippen LogP contribution is 1.61. The van der Waals surface area contributed by atoms with Crippen LogP contribution >= 0.6 is 0 Å². The zero-order valence-corrected chi connectivity index (χ0v) is 4.79. The minimum atomic E-state index is -2.04. The molecule has 0 amide bonds. The lowest BCUT2D eigenvalue weighted by Crippen LogP contribution is -2.10. The highest BCUT2D eigenvalue weighted by Gasteiger charge is 1.76. The van der Waals surface area contributed by atoms with Crippen LogP contribution in [0.2, 0.25) is 0 Å². The summed E-state index contributed by atoms with van der Waals surface area (Å²) in [5, 5.41) is 6.50. The van der Waals surface area contributed by atoms with E-state index in [0.717, 1.165) is 0 Å². The summed E-state index contributed by atoms with van der Waals surface area (Å²) in [4.78, 5) is 0. The van der Waals surface area contributed by atoms with Gasteiger partial charge in [-0.25, -0.2) is 0 Å². The predicted octanol–water partition coefficient (Wildman–Crippen LogP) is -0.404. The van der Waals surface area contributed by atoms with E-state index < -0.39 is 9.71 Å². The zero-order valence-electron chi connectivity index (χ0n) is 3.97. The van der Waals surface area contributed by atoms with Crippen molar-refractivity contribution in [2.75, 3.05) is 6.26 Å². The average Bonchev–Trinajstić information content (AvgIpc) is 1.35. The van der Waals surface area contributed by atoms with Crippen molar-refractivity contribution < 1.29 is 4.21 Å². The van der Waals surface area contributed by atoms with Crippen molar-refractivity contribution >= 4 is 15.1 Å². The van der Waals surface area contributed by atoms with Gasteiger partial charge in [-0.3, -0.25) is 9.35 Å². The molecule has 1 unspecified atom stereocenters. The highest BCUT2D eigenvalue weighted by molar-refractivity contribution is 7.98. The van der Waals surface area contributed by atoms with Gasteiger partial charge in [-0.05, 0) is 12.3 Å². The van der Waals surface area contributed by atoms with E-state index in [1.807, 2.05) is 0 Å². The number of hydrogen-bond donors (Lipinski definition) is 1. The Morgan fingerprint density at radius 2 is 2.00 bits per heavy atom. The first-order chi connectivity index (χ1) is 2.56. The molecule has 0 aromatic rings. The summed E-state index contributed by atoms with van der Waals surface area (Å²) < 4.78 is 10.3. The Bertz CT molecular complexity index is 124. The lowest BCUT2D eigenvalue weighted by atomic mass is 11.0. The second-order valence-electron chi connectivity index (χ2n) is 1.20. The molecule has 1 atom stereocenters. The maximum Gasteiger partial charge on any atom is 0.0222 e. The molecule has 0 aliphatic heterocycles. The summed E-state index contributed by atoms with van der Waals surface area (Å²) in [7, 11) is -2.04. The van der Waals surface area contributed by atoms with E-state index in [-0.39, 0.29) is 0 Å². The van der Waals surface area contributed by atoms with Gasteiger partial charge in [0.2, 0.25) is 0 Å². The number of rotatable bonds is 0. The molecule has 0 aliphatic rings. The Labute approximate surface area is 38.5 Å². The summed E-state index contributed by atoms with van der Waals surface area (Å²) in [6.07, 6.45) is 1.49. The van der Waals surface area contributed by atoms with E-state index in [0.29, 0.717) is 0 Å². The van der Waals surface area contributed by atoms with Crippen LogP contribution in [-0.4, -0.2) is 15.8 Å². The number of hydrogen-bond acceptors (Lipinski definition) is 1. The number of nitrogens with two attached hydrogens (primary N) is 1. The van der Waals surface area contributed by atoms with Gasteiger partial charge in [0.1, 0.15) is 0 Å². The Hall–Kier alpha value is -0.0200. The third-order valence-corrected chi connectivity index (χ3v) is 1.40. The van der Waals surface area contributed by atoms with Gasteiger partial charge in [-0.1, -0.05) is 0 Å². The smallest absolute Gasteiger partial charge is 0.0222 e. The summed E-state index contributed by atoms with van der Waals surface area (Å²) in [6, 6.07) is 0. The van der Waals surface area contributed by atoms with Crippen LogP contribution < -0.4 is 5.14 Å². The minimum absolute atomic E-state index is 1.49. The fourth-order valence-corrected chi connectivity index (χ4v) is 0. The molecule has 6 heavy (non-hydrogen) atoms. The second-order valence-corrected chi connectivity index (χ2v) is 3.61. The Kier molecular flexibility index (Phi) is 1.61. The maximum absolute atomic E-state index is 10.3. The quantitative estimate of drug-likeness (QED) is 0.420. The van der Waals surface area contributed by atoms with Crippen molar-refractivity contribution in [3.63, 3.8) is 0 Å². The first-order valence-corrected chi connectivity index (χ1v) is 3.72. The fraction of sp³-hybridized carbons (Fsp3) is 0.667. The third-order valence-electron chi connectivity index (χ3n) is 0.468. The molecule has 0 saturated carbocycles. The third kappa shape index (κ3) is 3.98. The first-order valence-electron chi connectivity index (χ1n) is 1.62. The Balaban J connectivity index is 4.24. The average molecular weight is 107 g/mol. The topological polar surface area (TPSA) is 43.1 Å². The van der Waals surface area contributed by atoms with Gasteiger partial charge >= 0.3 is 0 Å². The largest absolute Gasteiger partial charge is 0.260 e. The van der Waals surface area contributed by atoms with E-state index >= 15 is 0 Å². The van der Waals surface area contributed by atoms with Crippen molar-refractivity contribution in [2.45, 2.75) is 6.92 Å². The summed E-state index contributed by atoms with van der Waals surface area (Å²) in [6.45, 7) is 1.68. The van der Waals surface area contributed by atoms with Crippen LogP contribution in [0.5, 0.6) is 0 Å². The van der Waals surface area contributed by atoms with Crippen LogP contribution in [0.4, 0.5) is 0 Å². The summed E-state index contributed by atoms with van der Waals surface area (Å²) in [5.41, 5.74) is 0. The van der Waals surface area contributed by atoms with Gasteiger partial charge in [-0.15, -0.1) is 0 Å². The van der Waals surface area contributed by atoms with Crippen LogP contribution in [0.1, 0.15) is 6.92 Å². The molecular weight excluding hydrogens is 98.1 g/mol. The van der Waals surface area contributed by atoms with E-state index in [1.54, 1.807) is 6.92 Å².